The summed E-state index contributed by atoms with van der Waals surface area (Å²) in [5.41, 5.74) is 0.939. The summed E-state index contributed by atoms with van der Waals surface area (Å²) in [6, 6.07) is 14.0. The van der Waals surface area contributed by atoms with E-state index in [0.717, 1.165) is 37.3 Å². The fourth-order valence-corrected chi connectivity index (χ4v) is 3.74. The molecule has 30 heavy (non-hydrogen) atoms. The van der Waals surface area contributed by atoms with Gasteiger partial charge in [0.05, 0.1) is 6.54 Å². The van der Waals surface area contributed by atoms with Crippen LogP contribution in [0, 0.1) is 0 Å². The minimum atomic E-state index is 0.194. The molecule has 9 heteroatoms. The molecule has 0 bridgehead atoms. The van der Waals surface area contributed by atoms with E-state index in [2.05, 4.69) is 30.5 Å². The monoisotopic (exact) mass is 406 g/mol. The Morgan fingerprint density at radius 1 is 1.10 bits per heavy atom. The lowest BCUT2D eigenvalue weighted by molar-refractivity contribution is -0.132. The van der Waals surface area contributed by atoms with Crippen LogP contribution in [0.4, 0.5) is 5.82 Å². The number of nitrogens with zero attached hydrogens (tertiary/aromatic N) is 8. The van der Waals surface area contributed by atoms with Crippen molar-refractivity contribution in [2.45, 2.75) is 38.3 Å². The fraction of sp³-hybridized carbons (Fsp3) is 0.429. The molecule has 2 aromatic heterocycles. The van der Waals surface area contributed by atoms with Crippen LogP contribution in [0.5, 0.6) is 0 Å². The van der Waals surface area contributed by atoms with E-state index in [-0.39, 0.29) is 5.91 Å². The number of anilines is 1. The van der Waals surface area contributed by atoms with Crippen molar-refractivity contribution in [1.82, 2.24) is 35.3 Å². The minimum Gasteiger partial charge on any atom is -0.355 e. The number of hydrogen-bond acceptors (Lipinski definition) is 7. The highest BCUT2D eigenvalue weighted by molar-refractivity contribution is 5.76. The molecular weight excluding hydrogens is 380 g/mol. The number of hydrogen-bond donors (Lipinski definition) is 0. The molecule has 0 radical (unpaired) electrons. The van der Waals surface area contributed by atoms with Crippen molar-refractivity contribution < 1.29 is 4.79 Å². The van der Waals surface area contributed by atoms with Gasteiger partial charge in [-0.15, -0.1) is 15.3 Å². The zero-order valence-electron chi connectivity index (χ0n) is 17.1. The topological polar surface area (TPSA) is 92.9 Å². The second-order valence-electron chi connectivity index (χ2n) is 7.48. The quantitative estimate of drug-likeness (QED) is 0.593. The Kier molecular flexibility index (Phi) is 6.26. The summed E-state index contributed by atoms with van der Waals surface area (Å²) in [6.45, 7) is 2.12. The lowest BCUT2D eigenvalue weighted by Crippen LogP contribution is -2.45. The second-order valence-corrected chi connectivity index (χ2v) is 7.48. The number of likely N-dealkylation sites (tertiary alicyclic amines) is 1. The van der Waals surface area contributed by atoms with Crippen molar-refractivity contribution >= 4 is 11.7 Å². The smallest absolute Gasteiger partial charge is 0.222 e. The number of aromatic nitrogens is 6. The maximum atomic E-state index is 12.6. The summed E-state index contributed by atoms with van der Waals surface area (Å²) in [4.78, 5) is 18.3. The Morgan fingerprint density at radius 3 is 2.63 bits per heavy atom. The first-order chi connectivity index (χ1) is 14.7. The Morgan fingerprint density at radius 2 is 1.90 bits per heavy atom. The highest BCUT2D eigenvalue weighted by Gasteiger charge is 2.25. The summed E-state index contributed by atoms with van der Waals surface area (Å²) in [5.74, 6) is 1.67. The number of aryl methyl sites for hydroxylation is 1. The molecule has 1 aliphatic heterocycles. The Hall–Kier alpha value is -3.36. The van der Waals surface area contributed by atoms with Gasteiger partial charge < -0.3 is 9.80 Å². The van der Waals surface area contributed by atoms with E-state index in [1.807, 2.05) is 54.4 Å². The number of carbonyl (C=O) groups is 1. The zero-order chi connectivity index (χ0) is 20.8. The van der Waals surface area contributed by atoms with Crippen molar-refractivity contribution in [2.24, 2.45) is 0 Å². The van der Waals surface area contributed by atoms with Crippen LogP contribution in [0.3, 0.4) is 0 Å². The molecule has 1 fully saturated rings. The van der Waals surface area contributed by atoms with Crippen LogP contribution in [0.25, 0.3) is 11.4 Å². The minimum absolute atomic E-state index is 0.194. The van der Waals surface area contributed by atoms with E-state index >= 15 is 0 Å². The predicted molar refractivity (Wildman–Crippen MR) is 113 cm³/mol. The van der Waals surface area contributed by atoms with Crippen LogP contribution in [0.15, 0.2) is 48.7 Å². The molecule has 0 aliphatic carbocycles. The maximum absolute atomic E-state index is 12.6. The van der Waals surface area contributed by atoms with Gasteiger partial charge in [0.2, 0.25) is 11.7 Å². The van der Waals surface area contributed by atoms with E-state index < -0.39 is 0 Å². The van der Waals surface area contributed by atoms with Crippen molar-refractivity contribution in [3.05, 3.63) is 48.7 Å². The molecule has 0 atom stereocenters. The number of carbonyl (C=O) groups excluding carboxylic acids is 1. The first-order valence-corrected chi connectivity index (χ1v) is 10.3. The molecule has 0 unspecified atom stereocenters. The van der Waals surface area contributed by atoms with Gasteiger partial charge >= 0.3 is 0 Å². The summed E-state index contributed by atoms with van der Waals surface area (Å²) in [7, 11) is 2.04. The Balaban J connectivity index is 1.21. The van der Waals surface area contributed by atoms with E-state index in [1.54, 1.807) is 11.0 Å². The van der Waals surface area contributed by atoms with Gasteiger partial charge in [0, 0.05) is 44.4 Å². The molecule has 0 saturated carbocycles. The van der Waals surface area contributed by atoms with Crippen molar-refractivity contribution in [3.63, 3.8) is 0 Å². The number of rotatable bonds is 7. The molecule has 9 nitrogen and oxygen atoms in total. The standard InChI is InChI=1S/C21H26N8O/c1-27(19-9-5-13-22-23-19)18-11-15-28(16-12-18)20(30)10-6-14-29-25-21(24-26-29)17-7-3-2-4-8-17/h2-5,7-9,13,18H,6,10-12,14-16H2,1H3. The SMILES string of the molecule is CN(c1cccnn1)C1CCN(C(=O)CCCn2nnc(-c3ccccc3)n2)CC1. The molecule has 3 heterocycles. The third kappa shape index (κ3) is 4.79. The van der Waals surface area contributed by atoms with Crippen LogP contribution in [-0.2, 0) is 11.3 Å². The Bertz CT molecular complexity index is 938. The summed E-state index contributed by atoms with van der Waals surface area (Å²) in [6.07, 6.45) is 4.74. The van der Waals surface area contributed by atoms with Crippen molar-refractivity contribution in [3.8, 4) is 11.4 Å². The summed E-state index contributed by atoms with van der Waals surface area (Å²) < 4.78 is 0. The van der Waals surface area contributed by atoms with E-state index in [9.17, 15) is 4.79 Å². The summed E-state index contributed by atoms with van der Waals surface area (Å²) in [5, 5.41) is 20.7. The highest BCUT2D eigenvalue weighted by atomic mass is 16.2. The number of amides is 1. The van der Waals surface area contributed by atoms with Gasteiger partial charge in [-0.2, -0.15) is 9.90 Å². The van der Waals surface area contributed by atoms with Crippen LogP contribution in [-0.4, -0.2) is 67.4 Å². The highest BCUT2D eigenvalue weighted by Crippen LogP contribution is 2.20. The molecule has 1 amide bonds. The molecule has 1 saturated heterocycles. The third-order valence-corrected chi connectivity index (χ3v) is 5.52. The number of piperidine rings is 1. The lowest BCUT2D eigenvalue weighted by atomic mass is 10.0. The second kappa shape index (κ2) is 9.43. The van der Waals surface area contributed by atoms with Crippen molar-refractivity contribution in [2.75, 3.05) is 25.0 Å². The normalized spacial score (nSPS) is 14.6. The molecule has 1 aliphatic rings. The zero-order valence-corrected chi connectivity index (χ0v) is 17.1. The van der Waals surface area contributed by atoms with Gasteiger partial charge in [-0.25, -0.2) is 0 Å². The van der Waals surface area contributed by atoms with Gasteiger partial charge in [-0.1, -0.05) is 30.3 Å². The average Bonchev–Trinajstić information content (AvgIpc) is 3.29. The third-order valence-electron chi connectivity index (χ3n) is 5.52. The van der Waals surface area contributed by atoms with E-state index in [1.165, 1.54) is 0 Å². The molecule has 3 aromatic rings. The van der Waals surface area contributed by atoms with Gasteiger partial charge in [-0.3, -0.25) is 4.79 Å². The molecule has 0 spiro atoms. The average molecular weight is 406 g/mol. The molecule has 0 N–H and O–H groups in total. The van der Waals surface area contributed by atoms with E-state index in [4.69, 9.17) is 0 Å². The van der Waals surface area contributed by atoms with Gasteiger partial charge in [0.1, 0.15) is 0 Å². The molecule has 4 rings (SSSR count). The maximum Gasteiger partial charge on any atom is 0.222 e. The molecule has 156 valence electrons. The van der Waals surface area contributed by atoms with Crippen LogP contribution >= 0.6 is 0 Å². The van der Waals surface area contributed by atoms with Gasteiger partial charge in [0.25, 0.3) is 0 Å². The van der Waals surface area contributed by atoms with Crippen LogP contribution in [0.1, 0.15) is 25.7 Å². The van der Waals surface area contributed by atoms with Gasteiger partial charge in [-0.05, 0) is 36.6 Å². The fourth-order valence-electron chi connectivity index (χ4n) is 3.74. The molecular formula is C21H26N8O. The summed E-state index contributed by atoms with van der Waals surface area (Å²) >= 11 is 0. The van der Waals surface area contributed by atoms with Crippen LogP contribution < -0.4 is 4.90 Å². The van der Waals surface area contributed by atoms with Gasteiger partial charge in [0.15, 0.2) is 5.82 Å². The lowest BCUT2D eigenvalue weighted by Gasteiger charge is -2.37. The Labute approximate surface area is 175 Å². The number of benzene rings is 1. The molecule has 1 aromatic carbocycles. The van der Waals surface area contributed by atoms with E-state index in [0.29, 0.717) is 31.3 Å². The van der Waals surface area contributed by atoms with Crippen LogP contribution in [0.2, 0.25) is 0 Å². The predicted octanol–water partition coefficient (Wildman–Crippen LogP) is 2.04. The largest absolute Gasteiger partial charge is 0.355 e. The first-order valence-electron chi connectivity index (χ1n) is 10.3. The first kappa shape index (κ1) is 19.9. The van der Waals surface area contributed by atoms with Crippen molar-refractivity contribution in [1.29, 1.82) is 0 Å². The number of tetrazole rings is 1.